The molecule has 0 bridgehead atoms. The van der Waals surface area contributed by atoms with Crippen molar-refractivity contribution in [2.75, 3.05) is 0 Å². The molecule has 0 unspecified atom stereocenters. The van der Waals surface area contributed by atoms with Crippen molar-refractivity contribution in [3.63, 3.8) is 0 Å². The van der Waals surface area contributed by atoms with E-state index in [4.69, 9.17) is 5.53 Å². The molecule has 0 aromatic heterocycles. The van der Waals surface area contributed by atoms with Gasteiger partial charge >= 0.3 is 0 Å². The predicted octanol–water partition coefficient (Wildman–Crippen LogP) is 4.65. The molecule has 8 heteroatoms. The molecule has 107 valence electrons. The van der Waals surface area contributed by atoms with Crippen LogP contribution in [0.25, 0.3) is 11.8 Å². The van der Waals surface area contributed by atoms with Crippen molar-refractivity contribution in [2.24, 2.45) is 31.2 Å². The van der Waals surface area contributed by atoms with Gasteiger partial charge in [0.25, 0.3) is 0 Å². The summed E-state index contributed by atoms with van der Waals surface area (Å²) < 4.78 is 0. The Morgan fingerprint density at radius 1 is 0.909 bits per heavy atom. The molecule has 2 rings (SSSR count). The van der Waals surface area contributed by atoms with Gasteiger partial charge in [-0.2, -0.15) is 5.53 Å². The molecular weight excluding hydrogens is 280 g/mol. The molecule has 2 aromatic rings. The lowest BCUT2D eigenvalue weighted by molar-refractivity contribution is 0.727. The maximum Gasteiger partial charge on any atom is 0.171 e. The first-order valence-corrected chi connectivity index (χ1v) is 6.30. The van der Waals surface area contributed by atoms with Gasteiger partial charge < -0.3 is 0 Å². The highest BCUT2D eigenvalue weighted by Gasteiger charge is 2.02. The van der Waals surface area contributed by atoms with Gasteiger partial charge in [0.15, 0.2) is 20.9 Å². The summed E-state index contributed by atoms with van der Waals surface area (Å²) in [6.07, 6.45) is 1.88. The molecule has 0 amide bonds. The molecular formula is C14H12N8+. The smallest absolute Gasteiger partial charge is 0.168 e. The van der Waals surface area contributed by atoms with Crippen molar-refractivity contribution in [3.05, 3.63) is 71.8 Å². The molecule has 0 spiro atoms. The van der Waals surface area contributed by atoms with Crippen molar-refractivity contribution >= 4 is 11.8 Å². The van der Waals surface area contributed by atoms with Crippen LogP contribution in [0.2, 0.25) is 0 Å². The Morgan fingerprint density at radius 3 is 2.27 bits per heavy atom. The van der Waals surface area contributed by atoms with Gasteiger partial charge in [0.2, 0.25) is 0 Å². The zero-order valence-electron chi connectivity index (χ0n) is 11.5. The molecule has 2 aromatic carbocycles. The fourth-order valence-electron chi connectivity index (χ4n) is 1.63. The Balaban J connectivity index is 2.25. The third-order valence-corrected chi connectivity index (χ3v) is 2.53. The van der Waals surface area contributed by atoms with E-state index in [0.29, 0.717) is 5.70 Å². The van der Waals surface area contributed by atoms with Gasteiger partial charge in [-0.05, 0) is 11.6 Å². The zero-order valence-corrected chi connectivity index (χ0v) is 11.5. The normalized spacial score (nSPS) is 12.5. The summed E-state index contributed by atoms with van der Waals surface area (Å²) in [5, 5.41) is 22.9. The number of nitrogens with zero attached hydrogens (tertiary/aromatic N) is 7. The topological polar surface area (TPSA) is 112 Å². The third kappa shape index (κ3) is 4.93. The van der Waals surface area contributed by atoms with E-state index in [-0.39, 0.29) is 0 Å². The number of hydrogen-bond acceptors (Lipinski definition) is 2. The minimum Gasteiger partial charge on any atom is -0.168 e. The standard InChI is InChI=1S/C14H12N8/c15-17-19-21-22-20-18-16-14(13-9-5-2-6-10-13)11-12-7-3-1-4-8-12/h1-11,15H/q+1. The minimum absolute atomic E-state index is 0.632. The lowest BCUT2D eigenvalue weighted by Gasteiger charge is -1.99. The van der Waals surface area contributed by atoms with Crippen LogP contribution in [-0.2, 0) is 0 Å². The number of hydrogen-bond donors (Lipinski definition) is 1. The average molecular weight is 292 g/mol. The van der Waals surface area contributed by atoms with Crippen LogP contribution in [0, 0.1) is 5.53 Å². The lowest BCUT2D eigenvalue weighted by Crippen LogP contribution is -1.81. The van der Waals surface area contributed by atoms with Crippen LogP contribution in [0.3, 0.4) is 0 Å². The highest BCUT2D eigenvalue weighted by atomic mass is 15.6. The second-order valence-electron chi connectivity index (χ2n) is 3.95. The maximum absolute atomic E-state index is 6.39. The van der Waals surface area contributed by atoms with Gasteiger partial charge in [-0.1, -0.05) is 65.8 Å². The molecule has 0 atom stereocenters. The van der Waals surface area contributed by atoms with E-state index < -0.39 is 0 Å². The summed E-state index contributed by atoms with van der Waals surface area (Å²) in [6.45, 7) is 0. The lowest BCUT2D eigenvalue weighted by atomic mass is 10.1. The predicted molar refractivity (Wildman–Crippen MR) is 80.2 cm³/mol. The molecule has 1 radical (unpaired) electrons. The van der Waals surface area contributed by atoms with E-state index in [1.807, 2.05) is 66.7 Å². The van der Waals surface area contributed by atoms with Gasteiger partial charge in [0, 0.05) is 5.56 Å². The summed E-state index contributed by atoms with van der Waals surface area (Å²) in [5.74, 6) is 0. The molecule has 0 fully saturated rings. The van der Waals surface area contributed by atoms with E-state index in [1.54, 1.807) is 0 Å². The second kappa shape index (κ2) is 8.69. The van der Waals surface area contributed by atoms with Crippen LogP contribution < -0.4 is 5.22 Å². The first-order chi connectivity index (χ1) is 10.9. The van der Waals surface area contributed by atoms with Crippen LogP contribution in [-0.4, -0.2) is 0 Å². The molecule has 0 saturated carbocycles. The first kappa shape index (κ1) is 15.0. The monoisotopic (exact) mass is 292 g/mol. The fourth-order valence-corrected chi connectivity index (χ4v) is 1.63. The summed E-state index contributed by atoms with van der Waals surface area (Å²) in [7, 11) is 0. The van der Waals surface area contributed by atoms with Gasteiger partial charge in [0.1, 0.15) is 10.9 Å². The molecule has 0 aliphatic carbocycles. The Kier molecular flexibility index (Phi) is 5.92. The third-order valence-electron chi connectivity index (χ3n) is 2.53. The maximum atomic E-state index is 6.39. The highest BCUT2D eigenvalue weighted by Crippen LogP contribution is 2.19. The van der Waals surface area contributed by atoms with Crippen LogP contribution in [0.1, 0.15) is 11.1 Å². The number of benzene rings is 2. The first-order valence-electron chi connectivity index (χ1n) is 6.30. The van der Waals surface area contributed by atoms with Crippen LogP contribution in [0.5, 0.6) is 0 Å². The summed E-state index contributed by atoms with van der Waals surface area (Å²) >= 11 is 0. The van der Waals surface area contributed by atoms with Gasteiger partial charge in [-0.15, -0.1) is 0 Å². The molecule has 0 saturated heterocycles. The summed E-state index contributed by atoms with van der Waals surface area (Å²) in [5.41, 5.74) is 8.91. The van der Waals surface area contributed by atoms with Crippen molar-refractivity contribution < 1.29 is 0 Å². The Morgan fingerprint density at radius 2 is 1.59 bits per heavy atom. The Bertz CT molecular complexity index is 704. The van der Waals surface area contributed by atoms with E-state index in [9.17, 15) is 0 Å². The Hall–Kier alpha value is -3.42. The molecule has 0 aliphatic rings. The number of rotatable bonds is 6. The van der Waals surface area contributed by atoms with Crippen molar-refractivity contribution in [1.82, 2.24) is 5.22 Å². The second-order valence-corrected chi connectivity index (χ2v) is 3.95. The van der Waals surface area contributed by atoms with Gasteiger partial charge in [0.05, 0.1) is 5.22 Å². The number of nitrogens with one attached hydrogen (secondary N) is 1. The van der Waals surface area contributed by atoms with E-state index in [0.717, 1.165) is 11.1 Å². The minimum atomic E-state index is 0.632. The van der Waals surface area contributed by atoms with Crippen LogP contribution in [0.15, 0.2) is 91.9 Å². The van der Waals surface area contributed by atoms with E-state index >= 15 is 0 Å². The summed E-state index contributed by atoms with van der Waals surface area (Å²) in [6, 6.07) is 19.3. The van der Waals surface area contributed by atoms with E-state index in [2.05, 4.69) is 36.5 Å². The molecule has 0 aliphatic heterocycles. The SMILES string of the molecule is N=NN=N[N+]=NN=NC(=Cc1ccccc1)c1ccccc1. The van der Waals surface area contributed by atoms with Crippen LogP contribution >= 0.6 is 0 Å². The highest BCUT2D eigenvalue weighted by molar-refractivity contribution is 5.80. The largest absolute Gasteiger partial charge is 0.171 e. The molecule has 8 nitrogen and oxygen atoms in total. The van der Waals surface area contributed by atoms with Crippen molar-refractivity contribution in [2.45, 2.75) is 0 Å². The van der Waals surface area contributed by atoms with E-state index in [1.165, 1.54) is 0 Å². The van der Waals surface area contributed by atoms with Crippen molar-refractivity contribution in [1.29, 1.82) is 5.53 Å². The van der Waals surface area contributed by atoms with Gasteiger partial charge in [-0.25, -0.2) is 0 Å². The van der Waals surface area contributed by atoms with Crippen molar-refractivity contribution in [3.8, 4) is 0 Å². The quantitative estimate of drug-likeness (QED) is 0.453. The molecule has 0 heterocycles. The molecule has 22 heavy (non-hydrogen) atoms. The molecule has 1 N–H and O–H groups in total. The average Bonchev–Trinajstić information content (AvgIpc) is 2.58. The van der Waals surface area contributed by atoms with Crippen LogP contribution in [0.4, 0.5) is 0 Å². The summed E-state index contributed by atoms with van der Waals surface area (Å²) in [4.78, 5) is 0. The Labute approximate surface area is 126 Å². The van der Waals surface area contributed by atoms with Gasteiger partial charge in [-0.3, -0.25) is 0 Å². The zero-order chi connectivity index (χ0) is 15.5. The fraction of sp³-hybridized carbons (Fsp3) is 0.